The van der Waals surface area contributed by atoms with Gasteiger partial charge in [-0.3, -0.25) is 0 Å². The van der Waals surface area contributed by atoms with Crippen LogP contribution in [-0.2, 0) is 0 Å². The Kier molecular flexibility index (Phi) is 6.58. The van der Waals surface area contributed by atoms with E-state index < -0.39 is 0 Å². The number of aryl methyl sites for hydroxylation is 1. The first-order chi connectivity index (χ1) is 12.7. The van der Waals surface area contributed by atoms with E-state index in [0.29, 0.717) is 47.3 Å². The molecule has 6 heteroatoms. The molecular weight excluding hydrogens is 352 g/mol. The van der Waals surface area contributed by atoms with Crippen LogP contribution in [0.3, 0.4) is 0 Å². The summed E-state index contributed by atoms with van der Waals surface area (Å²) in [7, 11) is 0. The number of ether oxygens (including phenoxy) is 3. The molecule has 0 spiro atoms. The van der Waals surface area contributed by atoms with Gasteiger partial charge in [-0.05, 0) is 57.5 Å². The maximum atomic E-state index is 6.32. The maximum absolute atomic E-state index is 6.32. The highest BCUT2D eigenvalue weighted by Gasteiger charge is 2.16. The molecule has 1 fully saturated rings. The van der Waals surface area contributed by atoms with Gasteiger partial charge in [-0.15, -0.1) is 0 Å². The van der Waals surface area contributed by atoms with Crippen molar-refractivity contribution in [3.63, 3.8) is 0 Å². The third kappa shape index (κ3) is 5.02. The SMILES string of the molecule is CCOc1ccc(Oc2nc(C)ccc2OCC2CCCNC2)c(Cl)c1. The molecule has 5 nitrogen and oxygen atoms in total. The average molecular weight is 377 g/mol. The minimum atomic E-state index is 0.430. The molecule has 0 saturated carbocycles. The number of pyridine rings is 1. The zero-order valence-corrected chi connectivity index (χ0v) is 16.0. The van der Waals surface area contributed by atoms with E-state index in [0.717, 1.165) is 18.8 Å². The number of aromatic nitrogens is 1. The highest BCUT2D eigenvalue weighted by molar-refractivity contribution is 6.32. The Morgan fingerprint density at radius 2 is 2.04 bits per heavy atom. The number of benzene rings is 1. The summed E-state index contributed by atoms with van der Waals surface area (Å²) in [6.45, 7) is 7.16. The lowest BCUT2D eigenvalue weighted by atomic mass is 10.0. The van der Waals surface area contributed by atoms with Crippen LogP contribution in [0.4, 0.5) is 0 Å². The predicted molar refractivity (Wildman–Crippen MR) is 103 cm³/mol. The summed E-state index contributed by atoms with van der Waals surface area (Å²) in [6, 6.07) is 9.17. The maximum Gasteiger partial charge on any atom is 0.262 e. The molecule has 1 aromatic heterocycles. The van der Waals surface area contributed by atoms with E-state index in [1.807, 2.05) is 32.0 Å². The largest absolute Gasteiger partial charge is 0.494 e. The van der Waals surface area contributed by atoms with E-state index in [9.17, 15) is 0 Å². The Balaban J connectivity index is 1.73. The second kappa shape index (κ2) is 9.10. The van der Waals surface area contributed by atoms with Crippen molar-refractivity contribution in [2.75, 3.05) is 26.3 Å². The molecule has 1 saturated heterocycles. The third-order valence-electron chi connectivity index (χ3n) is 4.26. The van der Waals surface area contributed by atoms with Crippen molar-refractivity contribution in [2.24, 2.45) is 5.92 Å². The summed E-state index contributed by atoms with van der Waals surface area (Å²) in [5.41, 5.74) is 0.855. The summed E-state index contributed by atoms with van der Waals surface area (Å²) in [4.78, 5) is 4.48. The topological polar surface area (TPSA) is 52.6 Å². The summed E-state index contributed by atoms with van der Waals surface area (Å²) in [6.07, 6.45) is 2.36. The number of halogens is 1. The van der Waals surface area contributed by atoms with Crippen LogP contribution in [0.2, 0.25) is 5.02 Å². The minimum Gasteiger partial charge on any atom is -0.494 e. The number of piperidine rings is 1. The van der Waals surface area contributed by atoms with Gasteiger partial charge in [0.15, 0.2) is 5.75 Å². The van der Waals surface area contributed by atoms with Gasteiger partial charge < -0.3 is 19.5 Å². The van der Waals surface area contributed by atoms with Gasteiger partial charge in [0.2, 0.25) is 0 Å². The van der Waals surface area contributed by atoms with Crippen LogP contribution in [-0.4, -0.2) is 31.3 Å². The van der Waals surface area contributed by atoms with Crippen molar-refractivity contribution in [3.05, 3.63) is 41.0 Å². The van der Waals surface area contributed by atoms with Gasteiger partial charge in [0.05, 0.1) is 18.2 Å². The molecule has 1 N–H and O–H groups in total. The molecule has 1 aliphatic rings. The number of nitrogens with one attached hydrogen (secondary N) is 1. The second-order valence-corrected chi connectivity index (χ2v) is 6.81. The standard InChI is InChI=1S/C20H25ClN2O3/c1-3-24-16-7-9-18(17(21)11-16)26-20-19(8-6-14(2)23-20)25-13-15-5-4-10-22-12-15/h6-9,11,15,22H,3-5,10,12-13H2,1-2H3. The Morgan fingerprint density at radius 1 is 1.19 bits per heavy atom. The van der Waals surface area contributed by atoms with Crippen molar-refractivity contribution >= 4 is 11.6 Å². The van der Waals surface area contributed by atoms with Crippen molar-refractivity contribution in [2.45, 2.75) is 26.7 Å². The molecule has 140 valence electrons. The molecular formula is C20H25ClN2O3. The minimum absolute atomic E-state index is 0.430. The molecule has 0 radical (unpaired) electrons. The lowest BCUT2D eigenvalue weighted by Gasteiger charge is -2.23. The lowest BCUT2D eigenvalue weighted by molar-refractivity contribution is 0.211. The zero-order chi connectivity index (χ0) is 18.4. The molecule has 0 amide bonds. The number of nitrogens with zero attached hydrogens (tertiary/aromatic N) is 1. The molecule has 1 aliphatic heterocycles. The van der Waals surface area contributed by atoms with E-state index >= 15 is 0 Å². The molecule has 1 aromatic carbocycles. The highest BCUT2D eigenvalue weighted by Crippen LogP contribution is 2.36. The fraction of sp³-hybridized carbons (Fsp3) is 0.450. The van der Waals surface area contributed by atoms with Gasteiger partial charge in [-0.2, -0.15) is 0 Å². The van der Waals surface area contributed by atoms with Gasteiger partial charge in [0, 0.05) is 24.2 Å². The Morgan fingerprint density at radius 3 is 2.77 bits per heavy atom. The van der Waals surface area contributed by atoms with Crippen LogP contribution in [0.15, 0.2) is 30.3 Å². The molecule has 26 heavy (non-hydrogen) atoms. The number of hydrogen-bond acceptors (Lipinski definition) is 5. The van der Waals surface area contributed by atoms with Crippen LogP contribution in [0, 0.1) is 12.8 Å². The third-order valence-corrected chi connectivity index (χ3v) is 4.55. The summed E-state index contributed by atoms with van der Waals surface area (Å²) in [5.74, 6) is 2.80. The Bertz CT molecular complexity index is 733. The lowest BCUT2D eigenvalue weighted by Crippen LogP contribution is -2.33. The molecule has 0 aliphatic carbocycles. The molecule has 1 unspecified atom stereocenters. The van der Waals surface area contributed by atoms with Crippen LogP contribution >= 0.6 is 11.6 Å². The van der Waals surface area contributed by atoms with E-state index in [1.54, 1.807) is 12.1 Å². The van der Waals surface area contributed by atoms with E-state index in [2.05, 4.69) is 10.3 Å². The van der Waals surface area contributed by atoms with E-state index in [4.69, 9.17) is 25.8 Å². The molecule has 3 rings (SSSR count). The van der Waals surface area contributed by atoms with Crippen molar-refractivity contribution < 1.29 is 14.2 Å². The van der Waals surface area contributed by atoms with Gasteiger partial charge in [-0.25, -0.2) is 4.98 Å². The first kappa shape index (κ1) is 18.8. The van der Waals surface area contributed by atoms with E-state index in [-0.39, 0.29) is 0 Å². The first-order valence-corrected chi connectivity index (χ1v) is 9.45. The smallest absolute Gasteiger partial charge is 0.262 e. The predicted octanol–water partition coefficient (Wildman–Crippen LogP) is 4.61. The number of hydrogen-bond donors (Lipinski definition) is 1. The monoisotopic (exact) mass is 376 g/mol. The van der Waals surface area contributed by atoms with Crippen LogP contribution < -0.4 is 19.5 Å². The summed E-state index contributed by atoms with van der Waals surface area (Å²) < 4.78 is 17.4. The van der Waals surface area contributed by atoms with Crippen molar-refractivity contribution in [3.8, 4) is 23.1 Å². The molecule has 2 heterocycles. The summed E-state index contributed by atoms with van der Waals surface area (Å²) >= 11 is 6.32. The fourth-order valence-corrected chi connectivity index (χ4v) is 3.11. The fourth-order valence-electron chi connectivity index (χ4n) is 2.90. The van der Waals surface area contributed by atoms with Gasteiger partial charge in [-0.1, -0.05) is 11.6 Å². The van der Waals surface area contributed by atoms with Crippen molar-refractivity contribution in [1.29, 1.82) is 0 Å². The normalized spacial score (nSPS) is 17.0. The van der Waals surface area contributed by atoms with Crippen molar-refractivity contribution in [1.82, 2.24) is 10.3 Å². The van der Waals surface area contributed by atoms with Crippen LogP contribution in [0.1, 0.15) is 25.5 Å². The quantitative estimate of drug-likeness (QED) is 0.764. The Labute approximate surface area is 159 Å². The van der Waals surface area contributed by atoms with E-state index in [1.165, 1.54) is 12.8 Å². The second-order valence-electron chi connectivity index (χ2n) is 6.41. The van der Waals surface area contributed by atoms with Gasteiger partial charge in [0.1, 0.15) is 11.5 Å². The average Bonchev–Trinajstić information content (AvgIpc) is 2.64. The molecule has 2 aromatic rings. The Hall–Kier alpha value is -1.98. The number of rotatable bonds is 7. The first-order valence-electron chi connectivity index (χ1n) is 9.07. The van der Waals surface area contributed by atoms with Crippen LogP contribution in [0.5, 0.6) is 23.1 Å². The van der Waals surface area contributed by atoms with Gasteiger partial charge in [0.25, 0.3) is 5.88 Å². The molecule has 1 atom stereocenters. The highest BCUT2D eigenvalue weighted by atomic mass is 35.5. The van der Waals surface area contributed by atoms with Gasteiger partial charge >= 0.3 is 0 Å². The zero-order valence-electron chi connectivity index (χ0n) is 15.3. The van der Waals surface area contributed by atoms with Crippen LogP contribution in [0.25, 0.3) is 0 Å². The summed E-state index contributed by atoms with van der Waals surface area (Å²) in [5, 5.41) is 3.88. The molecule has 0 bridgehead atoms.